The molecule has 0 amide bonds. The number of benzene rings is 2. The van der Waals surface area contributed by atoms with E-state index in [-0.39, 0.29) is 0 Å². The van der Waals surface area contributed by atoms with Crippen LogP contribution in [0, 0.1) is 13.8 Å². The number of para-hydroxylation sites is 2. The molecule has 3 aliphatic rings. The van der Waals surface area contributed by atoms with Gasteiger partial charge in [-0.05, 0) is 38.1 Å². The van der Waals surface area contributed by atoms with Gasteiger partial charge < -0.3 is 0 Å². The predicted octanol–water partition coefficient (Wildman–Crippen LogP) is 4.01. The molecule has 29 heavy (non-hydrogen) atoms. The molecule has 0 saturated carbocycles. The third-order valence-electron chi connectivity index (χ3n) is 7.09. The summed E-state index contributed by atoms with van der Waals surface area (Å²) >= 11 is 0. The molecule has 1 spiro atoms. The zero-order chi connectivity index (χ0) is 19.3. The lowest BCUT2D eigenvalue weighted by Crippen LogP contribution is -2.62. The summed E-state index contributed by atoms with van der Waals surface area (Å²) in [7, 11) is 0. The largest absolute Gasteiger partial charge is 0.541 e. The van der Waals surface area contributed by atoms with E-state index in [0.717, 1.165) is 13.1 Å². The van der Waals surface area contributed by atoms with Gasteiger partial charge in [-0.25, -0.2) is 9.13 Å². The van der Waals surface area contributed by atoms with Crippen molar-refractivity contribution in [2.75, 3.05) is 13.1 Å². The van der Waals surface area contributed by atoms with E-state index in [1.807, 2.05) is 0 Å². The van der Waals surface area contributed by atoms with Crippen LogP contribution in [0.3, 0.4) is 0 Å². The Balaban J connectivity index is 1.75. The minimum Gasteiger partial charge on any atom is -0.203 e. The first-order chi connectivity index (χ1) is 14.2. The van der Waals surface area contributed by atoms with Crippen molar-refractivity contribution in [3.63, 3.8) is 0 Å². The maximum absolute atomic E-state index is 2.60. The van der Waals surface area contributed by atoms with E-state index in [9.17, 15) is 0 Å². The summed E-state index contributed by atoms with van der Waals surface area (Å²) in [4.78, 5) is 0. The van der Waals surface area contributed by atoms with Gasteiger partial charge >= 0.3 is 5.91 Å². The molecule has 4 aromatic rings. The van der Waals surface area contributed by atoms with E-state index in [2.05, 4.69) is 93.1 Å². The molecule has 4 heteroatoms. The van der Waals surface area contributed by atoms with Crippen LogP contribution in [0.4, 0.5) is 0 Å². The molecule has 0 atom stereocenters. The zero-order valence-electron chi connectivity index (χ0n) is 16.9. The Kier molecular flexibility index (Phi) is 2.75. The van der Waals surface area contributed by atoms with Gasteiger partial charge in [0.1, 0.15) is 0 Å². The first-order valence-corrected chi connectivity index (χ1v) is 10.7. The molecule has 0 N–H and O–H groups in total. The van der Waals surface area contributed by atoms with Crippen molar-refractivity contribution in [2.45, 2.75) is 32.6 Å². The molecule has 0 unspecified atom stereocenters. The highest BCUT2D eigenvalue weighted by atomic mass is 15.6. The third kappa shape index (κ3) is 1.68. The molecule has 5 heterocycles. The maximum atomic E-state index is 2.60. The van der Waals surface area contributed by atoms with E-state index >= 15 is 0 Å². The van der Waals surface area contributed by atoms with Crippen LogP contribution in [0.5, 0.6) is 0 Å². The highest BCUT2D eigenvalue weighted by Gasteiger charge is 2.62. The average molecular weight is 380 g/mol. The normalized spacial score (nSPS) is 18.8. The monoisotopic (exact) mass is 380 g/mol. The number of rotatable bonds is 0. The van der Waals surface area contributed by atoms with Crippen LogP contribution in [0.2, 0.25) is 0 Å². The Labute approximate surface area is 169 Å². The fourth-order valence-electron chi connectivity index (χ4n) is 6.10. The van der Waals surface area contributed by atoms with Crippen LogP contribution in [0.15, 0.2) is 48.5 Å². The minimum atomic E-state index is -0.392. The van der Waals surface area contributed by atoms with Crippen LogP contribution >= 0.6 is 0 Å². The number of aryl methyl sites for hydroxylation is 2. The first-order valence-electron chi connectivity index (χ1n) is 10.7. The van der Waals surface area contributed by atoms with Crippen molar-refractivity contribution >= 4 is 34.2 Å². The second-order valence-corrected chi connectivity index (χ2v) is 8.76. The smallest absolute Gasteiger partial charge is 0.203 e. The molecule has 2 aromatic heterocycles. The SMILES string of the molecule is Cc1cc2cccc3c2n1C12n4c(C)cc5cccc(c54)C=[N+]1CCCC[N+]2=C3. The zero-order valence-corrected chi connectivity index (χ0v) is 16.9. The maximum Gasteiger partial charge on any atom is 0.541 e. The predicted molar refractivity (Wildman–Crippen MR) is 117 cm³/mol. The van der Waals surface area contributed by atoms with Crippen LogP contribution in [0.1, 0.15) is 35.4 Å². The number of nitrogens with zero attached hydrogens (tertiary/aromatic N) is 4. The quantitative estimate of drug-likeness (QED) is 0.410. The lowest BCUT2D eigenvalue weighted by atomic mass is 10.1. The van der Waals surface area contributed by atoms with Crippen molar-refractivity contribution in [1.29, 1.82) is 0 Å². The fourth-order valence-corrected chi connectivity index (χ4v) is 6.10. The minimum absolute atomic E-state index is 0.392. The van der Waals surface area contributed by atoms with Gasteiger partial charge in [0.25, 0.3) is 0 Å². The molecule has 4 nitrogen and oxygen atoms in total. The number of hydrogen-bond acceptors (Lipinski definition) is 0. The molecule has 7 rings (SSSR count). The van der Waals surface area contributed by atoms with Gasteiger partial charge in [0.05, 0.1) is 22.2 Å². The Morgan fingerprint density at radius 2 is 1.21 bits per heavy atom. The van der Waals surface area contributed by atoms with E-state index < -0.39 is 5.91 Å². The number of aromatic nitrogens is 2. The second kappa shape index (κ2) is 5.07. The summed E-state index contributed by atoms with van der Waals surface area (Å²) in [5, 5.41) is 2.66. The molecule has 1 fully saturated rings. The van der Waals surface area contributed by atoms with Crippen molar-refractivity contribution < 1.29 is 9.15 Å². The molecule has 142 valence electrons. The second-order valence-electron chi connectivity index (χ2n) is 8.76. The topological polar surface area (TPSA) is 15.9 Å². The molecule has 1 saturated heterocycles. The van der Waals surface area contributed by atoms with Gasteiger partial charge in [-0.3, -0.25) is 0 Å². The van der Waals surface area contributed by atoms with Crippen molar-refractivity contribution in [3.05, 3.63) is 71.0 Å². The summed E-state index contributed by atoms with van der Waals surface area (Å²) in [5.41, 5.74) is 7.97. The molecule has 3 aliphatic heterocycles. The van der Waals surface area contributed by atoms with Gasteiger partial charge in [0.15, 0.2) is 25.5 Å². The molecule has 0 bridgehead atoms. The highest BCUT2D eigenvalue weighted by molar-refractivity contribution is 6.00. The van der Waals surface area contributed by atoms with E-state index in [1.165, 1.54) is 57.2 Å². The molecular weight excluding hydrogens is 356 g/mol. The van der Waals surface area contributed by atoms with Gasteiger partial charge in [-0.1, -0.05) is 24.3 Å². The lowest BCUT2D eigenvalue weighted by molar-refractivity contribution is -0.862. The molecule has 0 radical (unpaired) electrons. The Morgan fingerprint density at radius 1 is 0.724 bits per heavy atom. The van der Waals surface area contributed by atoms with E-state index in [4.69, 9.17) is 0 Å². The average Bonchev–Trinajstić information content (AvgIpc) is 3.17. The van der Waals surface area contributed by atoms with Crippen molar-refractivity contribution in [2.24, 2.45) is 0 Å². The standard InChI is InChI=1S/C25H24N4/c1-17-13-19-7-5-9-21-15-26-11-3-4-12-27-16-22-10-6-8-20-14-18(2)29(24(20)22)25(26,27)28(17)23(19)21/h5-10,13-16H,3-4,11-12H2,1-2H3/q+2. The molecule has 2 aromatic carbocycles. The molecule has 0 aliphatic carbocycles. The van der Waals surface area contributed by atoms with Gasteiger partial charge in [-0.2, -0.15) is 0 Å². The van der Waals surface area contributed by atoms with Crippen molar-refractivity contribution in [3.8, 4) is 0 Å². The van der Waals surface area contributed by atoms with Crippen molar-refractivity contribution in [1.82, 2.24) is 9.13 Å². The third-order valence-corrected chi connectivity index (χ3v) is 7.09. The summed E-state index contributed by atoms with van der Waals surface area (Å²) in [6.45, 7) is 6.64. The van der Waals surface area contributed by atoms with Crippen LogP contribution in [0.25, 0.3) is 21.8 Å². The van der Waals surface area contributed by atoms with E-state index in [1.54, 1.807) is 0 Å². The van der Waals surface area contributed by atoms with Crippen LogP contribution in [-0.4, -0.2) is 43.8 Å². The highest BCUT2D eigenvalue weighted by Crippen LogP contribution is 2.42. The summed E-state index contributed by atoms with van der Waals surface area (Å²) < 4.78 is 10.4. The number of hydrogen-bond donors (Lipinski definition) is 0. The summed E-state index contributed by atoms with van der Waals surface area (Å²) in [6, 6.07) is 18.1. The van der Waals surface area contributed by atoms with Gasteiger partial charge in [0.2, 0.25) is 0 Å². The Bertz CT molecular complexity index is 1320. The van der Waals surface area contributed by atoms with Gasteiger partial charge in [0, 0.05) is 35.0 Å². The van der Waals surface area contributed by atoms with Gasteiger partial charge in [-0.15, -0.1) is 9.15 Å². The first kappa shape index (κ1) is 15.7. The summed E-state index contributed by atoms with van der Waals surface area (Å²) in [5.74, 6) is -0.392. The fraction of sp³-hybridized carbons (Fsp3) is 0.280. The van der Waals surface area contributed by atoms with Crippen LogP contribution < -0.4 is 0 Å². The van der Waals surface area contributed by atoms with E-state index in [0.29, 0.717) is 0 Å². The summed E-state index contributed by atoms with van der Waals surface area (Å²) in [6.07, 6.45) is 7.22. The Hall–Kier alpha value is -3.14. The Morgan fingerprint density at radius 3 is 1.69 bits per heavy atom. The lowest BCUT2D eigenvalue weighted by Gasteiger charge is -2.35. The molecular formula is C25H24N4+2. The van der Waals surface area contributed by atoms with Crippen LogP contribution in [-0.2, 0) is 5.91 Å².